The van der Waals surface area contributed by atoms with Crippen LogP contribution < -0.4 is 10.6 Å². The lowest BCUT2D eigenvalue weighted by atomic mass is 10.0. The normalized spacial score (nSPS) is 17.2. The van der Waals surface area contributed by atoms with Gasteiger partial charge in [-0.25, -0.2) is 4.98 Å². The number of nitrogens with one attached hydrogen (secondary N) is 2. The molecule has 0 atom stereocenters. The number of anilines is 2. The Morgan fingerprint density at radius 1 is 1.25 bits per heavy atom. The molecule has 0 amide bonds. The van der Waals surface area contributed by atoms with Crippen LogP contribution in [0.2, 0.25) is 10.0 Å². The third kappa shape index (κ3) is 3.90. The first-order valence-corrected chi connectivity index (χ1v) is 7.92. The van der Waals surface area contributed by atoms with Crippen LogP contribution in [-0.4, -0.2) is 42.6 Å². The Labute approximate surface area is 130 Å². The molecule has 2 heterocycles. The molecule has 1 fully saturated rings. The zero-order chi connectivity index (χ0) is 14.5. The number of piperidine rings is 1. The Morgan fingerprint density at radius 3 is 2.50 bits per heavy atom. The van der Waals surface area contributed by atoms with E-state index < -0.39 is 0 Å². The average molecular weight is 317 g/mol. The molecule has 1 saturated heterocycles. The van der Waals surface area contributed by atoms with Crippen LogP contribution in [0.25, 0.3) is 0 Å². The predicted molar refractivity (Wildman–Crippen MR) is 87.2 cm³/mol. The van der Waals surface area contributed by atoms with Gasteiger partial charge < -0.3 is 15.5 Å². The SMILES string of the molecule is CCCN1CCC(Nc2nc(NC)c(Cl)cc2Cl)CC1. The van der Waals surface area contributed by atoms with Crippen molar-refractivity contribution in [3.8, 4) is 0 Å². The topological polar surface area (TPSA) is 40.2 Å². The summed E-state index contributed by atoms with van der Waals surface area (Å²) in [4.78, 5) is 6.95. The van der Waals surface area contributed by atoms with E-state index in [0.717, 1.165) is 25.9 Å². The van der Waals surface area contributed by atoms with Gasteiger partial charge in [-0.2, -0.15) is 0 Å². The van der Waals surface area contributed by atoms with E-state index in [0.29, 0.717) is 27.7 Å². The van der Waals surface area contributed by atoms with E-state index in [9.17, 15) is 0 Å². The first-order valence-electron chi connectivity index (χ1n) is 7.16. The monoisotopic (exact) mass is 316 g/mol. The van der Waals surface area contributed by atoms with Crippen molar-refractivity contribution in [3.63, 3.8) is 0 Å². The molecule has 0 unspecified atom stereocenters. The van der Waals surface area contributed by atoms with Crippen LogP contribution in [0.5, 0.6) is 0 Å². The summed E-state index contributed by atoms with van der Waals surface area (Å²) in [5, 5.41) is 7.54. The third-order valence-electron chi connectivity index (χ3n) is 3.63. The molecule has 0 aliphatic carbocycles. The van der Waals surface area contributed by atoms with E-state index in [1.54, 1.807) is 13.1 Å². The first-order chi connectivity index (χ1) is 9.63. The van der Waals surface area contributed by atoms with Gasteiger partial charge in [0.15, 0.2) is 0 Å². The fraction of sp³-hybridized carbons (Fsp3) is 0.643. The fourth-order valence-electron chi connectivity index (χ4n) is 2.55. The summed E-state index contributed by atoms with van der Waals surface area (Å²) in [7, 11) is 1.80. The number of likely N-dealkylation sites (tertiary alicyclic amines) is 1. The number of nitrogens with zero attached hydrogens (tertiary/aromatic N) is 2. The highest BCUT2D eigenvalue weighted by atomic mass is 35.5. The van der Waals surface area contributed by atoms with Crippen molar-refractivity contribution in [3.05, 3.63) is 16.1 Å². The molecule has 0 spiro atoms. The van der Waals surface area contributed by atoms with E-state index in [1.807, 2.05) is 0 Å². The van der Waals surface area contributed by atoms with Gasteiger partial charge in [0.25, 0.3) is 0 Å². The lowest BCUT2D eigenvalue weighted by molar-refractivity contribution is 0.219. The molecule has 1 aliphatic rings. The quantitative estimate of drug-likeness (QED) is 0.868. The van der Waals surface area contributed by atoms with Gasteiger partial charge >= 0.3 is 0 Å². The maximum absolute atomic E-state index is 6.21. The highest BCUT2D eigenvalue weighted by Crippen LogP contribution is 2.30. The number of hydrogen-bond acceptors (Lipinski definition) is 4. The third-order valence-corrected chi connectivity index (χ3v) is 4.21. The molecule has 1 aromatic rings. The maximum Gasteiger partial charge on any atom is 0.147 e. The summed E-state index contributed by atoms with van der Waals surface area (Å²) in [5.74, 6) is 1.37. The number of rotatable bonds is 5. The van der Waals surface area contributed by atoms with Gasteiger partial charge in [0.1, 0.15) is 11.6 Å². The maximum atomic E-state index is 6.21. The van der Waals surface area contributed by atoms with Crippen LogP contribution >= 0.6 is 23.2 Å². The Balaban J connectivity index is 1.97. The number of pyridine rings is 1. The molecule has 2 N–H and O–H groups in total. The van der Waals surface area contributed by atoms with Crippen molar-refractivity contribution in [2.75, 3.05) is 37.3 Å². The van der Waals surface area contributed by atoms with E-state index in [4.69, 9.17) is 23.2 Å². The minimum atomic E-state index is 0.430. The molecule has 6 heteroatoms. The van der Waals surface area contributed by atoms with Crippen molar-refractivity contribution in [1.82, 2.24) is 9.88 Å². The van der Waals surface area contributed by atoms with Crippen LogP contribution in [0.4, 0.5) is 11.6 Å². The molecule has 20 heavy (non-hydrogen) atoms. The second kappa shape index (κ2) is 7.34. The van der Waals surface area contributed by atoms with Gasteiger partial charge in [-0.3, -0.25) is 0 Å². The van der Waals surface area contributed by atoms with Gasteiger partial charge in [-0.15, -0.1) is 0 Å². The van der Waals surface area contributed by atoms with Gasteiger partial charge in [-0.1, -0.05) is 30.1 Å². The van der Waals surface area contributed by atoms with Crippen LogP contribution in [0.1, 0.15) is 26.2 Å². The highest BCUT2D eigenvalue weighted by molar-refractivity contribution is 6.37. The van der Waals surface area contributed by atoms with E-state index in [-0.39, 0.29) is 0 Å². The highest BCUT2D eigenvalue weighted by Gasteiger charge is 2.20. The summed E-state index contributed by atoms with van der Waals surface area (Å²) in [6.45, 7) is 5.68. The molecule has 0 radical (unpaired) electrons. The van der Waals surface area contributed by atoms with E-state index in [1.165, 1.54) is 13.0 Å². The molecule has 0 bridgehead atoms. The molecule has 0 saturated carbocycles. The molecule has 2 rings (SSSR count). The second-order valence-corrected chi connectivity index (χ2v) is 5.97. The van der Waals surface area contributed by atoms with Crippen molar-refractivity contribution in [2.24, 2.45) is 0 Å². The van der Waals surface area contributed by atoms with Crippen molar-refractivity contribution in [2.45, 2.75) is 32.2 Å². The Kier molecular flexibility index (Phi) is 5.75. The summed E-state index contributed by atoms with van der Waals surface area (Å²) < 4.78 is 0. The number of hydrogen-bond donors (Lipinski definition) is 2. The molecule has 0 aromatic carbocycles. The standard InChI is InChI=1S/C14H22Cl2N4/c1-3-6-20-7-4-10(5-8-20)18-14-12(16)9-11(15)13(17-2)19-14/h9-10H,3-8H2,1-2H3,(H2,17,18,19). The molecule has 112 valence electrons. The summed E-state index contributed by atoms with van der Waals surface area (Å²) in [6, 6.07) is 2.16. The summed E-state index contributed by atoms with van der Waals surface area (Å²) >= 11 is 12.3. The van der Waals surface area contributed by atoms with Crippen molar-refractivity contribution >= 4 is 34.8 Å². The minimum absolute atomic E-state index is 0.430. The van der Waals surface area contributed by atoms with Crippen LogP contribution in [0.3, 0.4) is 0 Å². The molecule has 1 aromatic heterocycles. The summed E-state index contributed by atoms with van der Waals surface area (Å²) in [5.41, 5.74) is 0. The van der Waals surface area contributed by atoms with Gasteiger partial charge in [0.05, 0.1) is 10.0 Å². The zero-order valence-corrected chi connectivity index (χ0v) is 13.6. The molecule has 4 nitrogen and oxygen atoms in total. The van der Waals surface area contributed by atoms with Crippen LogP contribution in [-0.2, 0) is 0 Å². The van der Waals surface area contributed by atoms with Crippen LogP contribution in [0.15, 0.2) is 6.07 Å². The minimum Gasteiger partial charge on any atom is -0.372 e. The van der Waals surface area contributed by atoms with Gasteiger partial charge in [0.2, 0.25) is 0 Å². The second-order valence-electron chi connectivity index (χ2n) is 5.16. The average Bonchev–Trinajstić information content (AvgIpc) is 2.44. The van der Waals surface area contributed by atoms with Crippen molar-refractivity contribution in [1.29, 1.82) is 0 Å². The number of halogens is 2. The molecule has 1 aliphatic heterocycles. The lowest BCUT2D eigenvalue weighted by Crippen LogP contribution is -2.39. The van der Waals surface area contributed by atoms with Crippen LogP contribution in [0, 0.1) is 0 Å². The first kappa shape index (κ1) is 15.7. The van der Waals surface area contributed by atoms with E-state index >= 15 is 0 Å². The fourth-order valence-corrected chi connectivity index (χ4v) is 3.06. The predicted octanol–water partition coefficient (Wildman–Crippen LogP) is 3.72. The summed E-state index contributed by atoms with van der Waals surface area (Å²) in [6.07, 6.45) is 3.46. The van der Waals surface area contributed by atoms with Crippen molar-refractivity contribution < 1.29 is 0 Å². The Hall–Kier alpha value is -0.710. The lowest BCUT2D eigenvalue weighted by Gasteiger charge is -2.32. The molecular formula is C14H22Cl2N4. The largest absolute Gasteiger partial charge is 0.372 e. The molecular weight excluding hydrogens is 295 g/mol. The van der Waals surface area contributed by atoms with Gasteiger partial charge in [0, 0.05) is 26.2 Å². The Morgan fingerprint density at radius 2 is 1.90 bits per heavy atom. The van der Waals surface area contributed by atoms with Gasteiger partial charge in [-0.05, 0) is 31.9 Å². The smallest absolute Gasteiger partial charge is 0.147 e. The number of aromatic nitrogens is 1. The van der Waals surface area contributed by atoms with E-state index in [2.05, 4.69) is 27.4 Å². The Bertz CT molecular complexity index is 445. The zero-order valence-electron chi connectivity index (χ0n) is 12.0.